The van der Waals surface area contributed by atoms with E-state index in [1.807, 2.05) is 60.7 Å². The molecule has 0 amide bonds. The van der Waals surface area contributed by atoms with E-state index in [0.29, 0.717) is 33.3 Å². The lowest BCUT2D eigenvalue weighted by Gasteiger charge is -2.16. The van der Waals surface area contributed by atoms with Crippen LogP contribution in [0.1, 0.15) is 23.1 Å². The van der Waals surface area contributed by atoms with Crippen molar-refractivity contribution in [3.8, 4) is 28.5 Å². The lowest BCUT2D eigenvalue weighted by atomic mass is 10.1. The van der Waals surface area contributed by atoms with E-state index in [-0.39, 0.29) is 0 Å². The van der Waals surface area contributed by atoms with E-state index in [1.165, 1.54) is 22.9 Å². The molecule has 2 aromatic heterocycles. The molecule has 0 bridgehead atoms. The zero-order chi connectivity index (χ0) is 24.5. The number of aromatic nitrogens is 3. The number of nitrogens with zero attached hydrogens (tertiary/aromatic N) is 3. The molecule has 0 radical (unpaired) electrons. The number of furan rings is 1. The van der Waals surface area contributed by atoms with Crippen molar-refractivity contribution < 1.29 is 9.15 Å². The van der Waals surface area contributed by atoms with Gasteiger partial charge in [0.05, 0.1) is 5.02 Å². The Bertz CT molecular complexity index is 1540. The molecule has 0 saturated carbocycles. The Morgan fingerprint density at radius 2 is 1.67 bits per heavy atom. The zero-order valence-electron chi connectivity index (χ0n) is 19.3. The van der Waals surface area contributed by atoms with Crippen LogP contribution < -0.4 is 10.1 Å². The van der Waals surface area contributed by atoms with Crippen LogP contribution in [0.3, 0.4) is 0 Å². The minimum atomic E-state index is -0.615. The molecule has 0 spiro atoms. The number of ether oxygens (including phenoxy) is 1. The number of hydrogen-bond donors (Lipinski definition) is 1. The van der Waals surface area contributed by atoms with E-state index < -0.39 is 6.23 Å². The van der Waals surface area contributed by atoms with Crippen molar-refractivity contribution in [2.75, 3.05) is 5.32 Å². The molecule has 0 aliphatic carbocycles. The minimum absolute atomic E-state index is 0.398. The molecule has 0 fully saturated rings. The SMILES string of the molecule is Cc1ccc(CSc2nnc3c(n2)O[C@@H](c2ccc(-c4ccccc4Cl)o2)Nc2ccccc2-3)cc1. The molecule has 1 N–H and O–H groups in total. The van der Waals surface area contributed by atoms with E-state index >= 15 is 0 Å². The predicted molar refractivity (Wildman–Crippen MR) is 142 cm³/mol. The highest BCUT2D eigenvalue weighted by molar-refractivity contribution is 7.98. The molecule has 6 rings (SSSR count). The summed E-state index contributed by atoms with van der Waals surface area (Å²) >= 11 is 7.90. The van der Waals surface area contributed by atoms with Crippen LogP contribution in [0.15, 0.2) is 94.5 Å². The number of rotatable bonds is 5. The molecule has 36 heavy (non-hydrogen) atoms. The van der Waals surface area contributed by atoms with Gasteiger partial charge in [-0.1, -0.05) is 83.5 Å². The minimum Gasteiger partial charge on any atom is -0.455 e. The summed E-state index contributed by atoms with van der Waals surface area (Å²) in [5, 5.41) is 13.5. The molecule has 5 aromatic rings. The second-order valence-electron chi connectivity index (χ2n) is 8.39. The van der Waals surface area contributed by atoms with Gasteiger partial charge in [0.15, 0.2) is 11.5 Å². The molecule has 1 aliphatic heterocycles. The zero-order valence-corrected chi connectivity index (χ0v) is 20.9. The van der Waals surface area contributed by atoms with Crippen molar-refractivity contribution >= 4 is 29.1 Å². The van der Waals surface area contributed by atoms with Crippen LogP contribution in [0, 0.1) is 6.92 Å². The van der Waals surface area contributed by atoms with E-state index in [0.717, 1.165) is 22.6 Å². The van der Waals surface area contributed by atoms with E-state index in [9.17, 15) is 0 Å². The van der Waals surface area contributed by atoms with Crippen molar-refractivity contribution in [2.45, 2.75) is 24.1 Å². The van der Waals surface area contributed by atoms with Gasteiger partial charge in [0.1, 0.15) is 5.76 Å². The molecule has 3 heterocycles. The Morgan fingerprint density at radius 3 is 2.50 bits per heavy atom. The first kappa shape index (κ1) is 22.6. The normalized spacial score (nSPS) is 14.2. The molecule has 0 saturated heterocycles. The number of nitrogens with one attached hydrogen (secondary N) is 1. The molecule has 6 nitrogen and oxygen atoms in total. The first-order valence-electron chi connectivity index (χ1n) is 11.4. The van der Waals surface area contributed by atoms with Gasteiger partial charge in [-0.25, -0.2) is 0 Å². The number of thioether (sulfide) groups is 1. The molecule has 1 atom stereocenters. The third kappa shape index (κ3) is 4.55. The number of hydrogen-bond acceptors (Lipinski definition) is 7. The van der Waals surface area contributed by atoms with Crippen molar-refractivity contribution in [3.63, 3.8) is 0 Å². The lowest BCUT2D eigenvalue weighted by molar-refractivity contribution is 0.196. The fraction of sp³-hybridized carbons (Fsp3) is 0.107. The Kier molecular flexibility index (Phi) is 6.09. The molecule has 8 heteroatoms. The first-order valence-corrected chi connectivity index (χ1v) is 12.8. The highest BCUT2D eigenvalue weighted by Gasteiger charge is 2.28. The topological polar surface area (TPSA) is 73.1 Å². The average molecular weight is 513 g/mol. The Balaban J connectivity index is 1.32. The lowest BCUT2D eigenvalue weighted by Crippen LogP contribution is -2.16. The van der Waals surface area contributed by atoms with Gasteiger partial charge in [0.25, 0.3) is 0 Å². The first-order chi connectivity index (χ1) is 17.6. The van der Waals surface area contributed by atoms with Gasteiger partial charge in [0.2, 0.25) is 17.3 Å². The summed E-state index contributed by atoms with van der Waals surface area (Å²) in [4.78, 5) is 4.72. The molecule has 3 aromatic carbocycles. The number of aryl methyl sites for hydroxylation is 1. The van der Waals surface area contributed by atoms with Gasteiger partial charge in [-0.3, -0.25) is 0 Å². The van der Waals surface area contributed by atoms with Crippen LogP contribution >= 0.6 is 23.4 Å². The smallest absolute Gasteiger partial charge is 0.247 e. The number of fused-ring (bicyclic) bond motifs is 3. The summed E-state index contributed by atoms with van der Waals surface area (Å²) in [7, 11) is 0. The quantitative estimate of drug-likeness (QED) is 0.243. The fourth-order valence-electron chi connectivity index (χ4n) is 3.97. The molecular weight excluding hydrogens is 492 g/mol. The van der Waals surface area contributed by atoms with Gasteiger partial charge >= 0.3 is 0 Å². The van der Waals surface area contributed by atoms with Gasteiger partial charge in [-0.2, -0.15) is 4.98 Å². The summed E-state index contributed by atoms with van der Waals surface area (Å²) in [5.74, 6) is 2.39. The summed E-state index contributed by atoms with van der Waals surface area (Å²) in [6.07, 6.45) is -0.615. The molecule has 0 unspecified atom stereocenters. The standard InChI is InChI=1S/C28H21ClN4O2S/c1-17-10-12-18(13-11-17)16-36-28-31-27-25(32-33-28)20-7-3-5-9-22(20)30-26(35-27)24-15-14-23(34-24)19-6-2-4-8-21(19)29/h2-15,26,30H,16H2,1H3/t26-/m0/s1. The predicted octanol–water partition coefficient (Wildman–Crippen LogP) is 7.56. The fourth-order valence-corrected chi connectivity index (χ4v) is 4.93. The number of anilines is 1. The monoisotopic (exact) mass is 512 g/mol. The van der Waals surface area contributed by atoms with Crippen molar-refractivity contribution in [2.24, 2.45) is 0 Å². The number of benzene rings is 3. The number of halogens is 1. The van der Waals surface area contributed by atoms with E-state index in [1.54, 1.807) is 0 Å². The van der Waals surface area contributed by atoms with Crippen molar-refractivity contribution in [1.82, 2.24) is 15.2 Å². The van der Waals surface area contributed by atoms with Crippen LogP contribution in [-0.2, 0) is 5.75 Å². The van der Waals surface area contributed by atoms with Crippen LogP contribution in [0.4, 0.5) is 5.69 Å². The van der Waals surface area contributed by atoms with Gasteiger partial charge < -0.3 is 14.5 Å². The van der Waals surface area contributed by atoms with Gasteiger partial charge in [-0.15, -0.1) is 10.2 Å². The van der Waals surface area contributed by atoms with Crippen molar-refractivity contribution in [1.29, 1.82) is 0 Å². The van der Waals surface area contributed by atoms with E-state index in [4.69, 9.17) is 25.7 Å². The maximum absolute atomic E-state index is 6.38. The Morgan fingerprint density at radius 1 is 0.889 bits per heavy atom. The van der Waals surface area contributed by atoms with Gasteiger partial charge in [-0.05, 0) is 42.8 Å². The number of para-hydroxylation sites is 1. The summed E-state index contributed by atoms with van der Waals surface area (Å²) < 4.78 is 12.5. The van der Waals surface area contributed by atoms with Crippen LogP contribution in [-0.4, -0.2) is 15.2 Å². The molecular formula is C28H21ClN4O2S. The van der Waals surface area contributed by atoms with Gasteiger partial charge in [0, 0.05) is 22.6 Å². The maximum Gasteiger partial charge on any atom is 0.247 e. The summed E-state index contributed by atoms with van der Waals surface area (Å²) in [5.41, 5.74) is 5.54. The third-order valence-electron chi connectivity index (χ3n) is 5.85. The average Bonchev–Trinajstić information content (AvgIpc) is 3.32. The largest absolute Gasteiger partial charge is 0.455 e. The highest BCUT2D eigenvalue weighted by atomic mass is 35.5. The van der Waals surface area contributed by atoms with E-state index in [2.05, 4.69) is 46.7 Å². The summed E-state index contributed by atoms with van der Waals surface area (Å²) in [6.45, 7) is 2.08. The second-order valence-corrected chi connectivity index (χ2v) is 9.74. The second kappa shape index (κ2) is 9.68. The molecule has 178 valence electrons. The van der Waals surface area contributed by atoms with Crippen LogP contribution in [0.2, 0.25) is 5.02 Å². The van der Waals surface area contributed by atoms with Crippen LogP contribution in [0.5, 0.6) is 5.88 Å². The van der Waals surface area contributed by atoms with Crippen molar-refractivity contribution in [3.05, 3.63) is 107 Å². The Hall–Kier alpha value is -3.81. The highest BCUT2D eigenvalue weighted by Crippen LogP contribution is 2.40. The maximum atomic E-state index is 6.38. The van der Waals surface area contributed by atoms with Crippen LogP contribution in [0.25, 0.3) is 22.6 Å². The summed E-state index contributed by atoms with van der Waals surface area (Å²) in [6, 6.07) is 27.6. The molecule has 1 aliphatic rings. The Labute approximate surface area is 217 Å². The third-order valence-corrected chi connectivity index (χ3v) is 7.09.